The number of alkyl halides is 3. The highest BCUT2D eigenvalue weighted by atomic mass is 35.5. The van der Waals surface area contributed by atoms with Gasteiger partial charge in [0.15, 0.2) is 5.69 Å². The van der Waals surface area contributed by atoms with E-state index >= 15 is 0 Å². The summed E-state index contributed by atoms with van der Waals surface area (Å²) in [4.78, 5) is 13.1. The second kappa shape index (κ2) is 5.30. The van der Waals surface area contributed by atoms with Crippen molar-refractivity contribution >= 4 is 28.9 Å². The smallest absolute Gasteiger partial charge is 0.337 e. The summed E-state index contributed by atoms with van der Waals surface area (Å²) in [6.07, 6.45) is -1.57. The third-order valence-electron chi connectivity index (χ3n) is 2.16. The zero-order valence-corrected chi connectivity index (χ0v) is 11.2. The van der Waals surface area contributed by atoms with Crippen molar-refractivity contribution < 1.29 is 13.2 Å². The Morgan fingerprint density at radius 1 is 1.32 bits per heavy atom. The summed E-state index contributed by atoms with van der Waals surface area (Å²) >= 11 is 6.60. The topological polar surface area (TPSA) is 41.9 Å². The number of thiazole rings is 1. The number of halogens is 4. The molecule has 2 heterocycles. The minimum absolute atomic E-state index is 0.197. The highest BCUT2D eigenvalue weighted by Gasteiger charge is 2.33. The molecule has 0 amide bonds. The van der Waals surface area contributed by atoms with E-state index in [0.29, 0.717) is 16.0 Å². The van der Waals surface area contributed by atoms with Gasteiger partial charge in [0.2, 0.25) is 5.95 Å². The predicted molar refractivity (Wildman–Crippen MR) is 66.3 cm³/mol. The molecule has 2 aromatic rings. The van der Waals surface area contributed by atoms with Crippen molar-refractivity contribution in [2.45, 2.75) is 12.7 Å². The van der Waals surface area contributed by atoms with Crippen molar-refractivity contribution in [3.8, 4) is 0 Å². The third-order valence-corrected chi connectivity index (χ3v) is 3.19. The maximum atomic E-state index is 12.4. The number of anilines is 1. The van der Waals surface area contributed by atoms with Crippen molar-refractivity contribution in [1.29, 1.82) is 0 Å². The molecule has 9 heteroatoms. The zero-order valence-electron chi connectivity index (χ0n) is 9.65. The van der Waals surface area contributed by atoms with E-state index in [1.54, 1.807) is 11.9 Å². The van der Waals surface area contributed by atoms with Crippen LogP contribution >= 0.6 is 22.9 Å². The van der Waals surface area contributed by atoms with Gasteiger partial charge < -0.3 is 4.90 Å². The Morgan fingerprint density at radius 2 is 1.95 bits per heavy atom. The standard InChI is InChI=1S/C10H8ClF3N4S/c1-18(9-15-2-6(11)3-16-9)4-8-17-7(5-19-8)10(12,13)14/h2-3,5H,4H2,1H3. The molecule has 2 aromatic heterocycles. The summed E-state index contributed by atoms with van der Waals surface area (Å²) < 4.78 is 37.2. The number of nitrogens with zero attached hydrogens (tertiary/aromatic N) is 4. The first-order valence-electron chi connectivity index (χ1n) is 5.06. The highest BCUT2D eigenvalue weighted by molar-refractivity contribution is 7.09. The van der Waals surface area contributed by atoms with E-state index in [1.165, 1.54) is 12.4 Å². The Labute approximate surface area is 115 Å². The van der Waals surface area contributed by atoms with Crippen molar-refractivity contribution in [2.24, 2.45) is 0 Å². The summed E-state index contributed by atoms with van der Waals surface area (Å²) in [5.74, 6) is 0.369. The maximum Gasteiger partial charge on any atom is 0.434 e. The maximum absolute atomic E-state index is 12.4. The fourth-order valence-electron chi connectivity index (χ4n) is 1.29. The van der Waals surface area contributed by atoms with Crippen LogP contribution < -0.4 is 4.90 Å². The molecule has 0 unspecified atom stereocenters. The molecule has 0 aliphatic rings. The molecule has 0 radical (unpaired) electrons. The second-order valence-electron chi connectivity index (χ2n) is 3.68. The number of rotatable bonds is 3. The predicted octanol–water partition coefficient (Wildman–Crippen LogP) is 3.24. The Bertz CT molecular complexity index is 555. The van der Waals surface area contributed by atoms with Gasteiger partial charge in [-0.2, -0.15) is 13.2 Å². The Morgan fingerprint density at radius 3 is 2.47 bits per heavy atom. The molecule has 4 nitrogen and oxygen atoms in total. The number of hydrogen-bond acceptors (Lipinski definition) is 5. The van der Waals surface area contributed by atoms with Gasteiger partial charge in [0.05, 0.1) is 24.0 Å². The lowest BCUT2D eigenvalue weighted by molar-refractivity contribution is -0.140. The van der Waals surface area contributed by atoms with E-state index in [9.17, 15) is 13.2 Å². The second-order valence-corrected chi connectivity index (χ2v) is 5.06. The number of hydrogen-bond donors (Lipinski definition) is 0. The number of aromatic nitrogens is 3. The lowest BCUT2D eigenvalue weighted by Crippen LogP contribution is -2.19. The van der Waals surface area contributed by atoms with Crippen LogP contribution in [0.4, 0.5) is 19.1 Å². The molecule has 102 valence electrons. The Hall–Kier alpha value is -1.41. The van der Waals surface area contributed by atoms with Crippen molar-refractivity contribution in [3.05, 3.63) is 33.5 Å². The minimum atomic E-state index is -4.41. The third kappa shape index (κ3) is 3.54. The fourth-order valence-corrected chi connectivity index (χ4v) is 2.24. The molecular formula is C10H8ClF3N4S. The van der Waals surface area contributed by atoms with E-state index in [-0.39, 0.29) is 6.54 Å². The lowest BCUT2D eigenvalue weighted by Gasteiger charge is -2.14. The molecular weight excluding hydrogens is 301 g/mol. The Kier molecular flexibility index (Phi) is 3.91. The molecule has 0 fully saturated rings. The molecule has 0 aromatic carbocycles. The quantitative estimate of drug-likeness (QED) is 0.873. The highest BCUT2D eigenvalue weighted by Crippen LogP contribution is 2.30. The van der Waals surface area contributed by atoms with Crippen LogP contribution in [0.3, 0.4) is 0 Å². The molecule has 0 N–H and O–H groups in total. The SMILES string of the molecule is CN(Cc1nc(C(F)(F)F)cs1)c1ncc(Cl)cn1. The fraction of sp³-hybridized carbons (Fsp3) is 0.300. The van der Waals surface area contributed by atoms with Crippen LogP contribution in [0.25, 0.3) is 0 Å². The molecule has 0 aliphatic heterocycles. The van der Waals surface area contributed by atoms with E-state index in [1.807, 2.05) is 0 Å². The molecule has 0 saturated heterocycles. The minimum Gasteiger partial charge on any atom is -0.337 e. The van der Waals surface area contributed by atoms with Gasteiger partial charge in [-0.05, 0) is 0 Å². The van der Waals surface area contributed by atoms with Crippen LogP contribution in [0, 0.1) is 0 Å². The summed E-state index contributed by atoms with van der Waals surface area (Å²) in [5.41, 5.74) is -0.877. The summed E-state index contributed by atoms with van der Waals surface area (Å²) in [6.45, 7) is 0.197. The summed E-state index contributed by atoms with van der Waals surface area (Å²) in [7, 11) is 1.66. The molecule has 0 atom stereocenters. The van der Waals surface area contributed by atoms with E-state index in [4.69, 9.17) is 11.6 Å². The van der Waals surface area contributed by atoms with Gasteiger partial charge in [-0.15, -0.1) is 11.3 Å². The molecule has 0 bridgehead atoms. The van der Waals surface area contributed by atoms with Crippen molar-refractivity contribution in [2.75, 3.05) is 11.9 Å². The summed E-state index contributed by atoms with van der Waals surface area (Å²) in [5, 5.41) is 1.73. The van der Waals surface area contributed by atoms with E-state index in [2.05, 4.69) is 15.0 Å². The van der Waals surface area contributed by atoms with Gasteiger partial charge in [-0.1, -0.05) is 11.6 Å². The molecule has 19 heavy (non-hydrogen) atoms. The van der Waals surface area contributed by atoms with Gasteiger partial charge in [0.1, 0.15) is 5.01 Å². The van der Waals surface area contributed by atoms with Crippen LogP contribution in [0.5, 0.6) is 0 Å². The molecule has 0 saturated carbocycles. The van der Waals surface area contributed by atoms with E-state index < -0.39 is 11.9 Å². The first kappa shape index (κ1) is 14.0. The Balaban J connectivity index is 2.08. The van der Waals surface area contributed by atoms with Gasteiger partial charge >= 0.3 is 6.18 Å². The lowest BCUT2D eigenvalue weighted by atomic mass is 10.5. The van der Waals surface area contributed by atoms with E-state index in [0.717, 1.165) is 16.7 Å². The van der Waals surface area contributed by atoms with Crippen LogP contribution in [0.15, 0.2) is 17.8 Å². The first-order chi connectivity index (χ1) is 8.86. The van der Waals surface area contributed by atoms with Crippen molar-refractivity contribution in [3.63, 3.8) is 0 Å². The normalized spacial score (nSPS) is 11.6. The average Bonchev–Trinajstić information content (AvgIpc) is 2.78. The monoisotopic (exact) mass is 308 g/mol. The van der Waals surface area contributed by atoms with Crippen molar-refractivity contribution in [1.82, 2.24) is 15.0 Å². The van der Waals surface area contributed by atoms with Crippen LogP contribution in [0.2, 0.25) is 5.02 Å². The average molecular weight is 309 g/mol. The first-order valence-corrected chi connectivity index (χ1v) is 6.32. The van der Waals surface area contributed by atoms with Crippen LogP contribution in [-0.4, -0.2) is 22.0 Å². The van der Waals surface area contributed by atoms with Gasteiger partial charge in [0, 0.05) is 12.4 Å². The van der Waals surface area contributed by atoms with Crippen LogP contribution in [0.1, 0.15) is 10.7 Å². The molecule has 2 rings (SSSR count). The van der Waals surface area contributed by atoms with Gasteiger partial charge in [0.25, 0.3) is 0 Å². The van der Waals surface area contributed by atoms with Gasteiger partial charge in [-0.25, -0.2) is 15.0 Å². The largest absolute Gasteiger partial charge is 0.434 e. The summed E-state index contributed by atoms with van der Waals surface area (Å²) in [6, 6.07) is 0. The molecule has 0 aliphatic carbocycles. The zero-order chi connectivity index (χ0) is 14.0. The van der Waals surface area contributed by atoms with Crippen LogP contribution in [-0.2, 0) is 12.7 Å². The molecule has 0 spiro atoms. The van der Waals surface area contributed by atoms with Gasteiger partial charge in [-0.3, -0.25) is 0 Å².